The van der Waals surface area contributed by atoms with Crippen LogP contribution in [0.3, 0.4) is 0 Å². The average molecular weight is 238 g/mol. The van der Waals surface area contributed by atoms with Gasteiger partial charge in [0.05, 0.1) is 0 Å². The Balaban J connectivity index is 2.07. The Morgan fingerprint density at radius 3 is 2.12 bits per heavy atom. The second-order valence-corrected chi connectivity index (χ2v) is 7.02. The molecule has 0 atom stereocenters. The lowest BCUT2D eigenvalue weighted by Gasteiger charge is -2.50. The molecule has 0 amide bonds. The van der Waals surface area contributed by atoms with Crippen LogP contribution in [-0.2, 0) is 0 Å². The average Bonchev–Trinajstić information content (AvgIpc) is 3.11. The minimum absolute atomic E-state index is 0.340. The van der Waals surface area contributed by atoms with Crippen molar-refractivity contribution in [1.82, 2.24) is 4.90 Å². The van der Waals surface area contributed by atoms with Crippen LogP contribution in [0.4, 0.5) is 0 Å². The van der Waals surface area contributed by atoms with Gasteiger partial charge in [0.15, 0.2) is 0 Å². The highest BCUT2D eigenvalue weighted by Crippen LogP contribution is 2.45. The predicted molar refractivity (Wildman–Crippen MR) is 74.1 cm³/mol. The minimum atomic E-state index is 0.340. The summed E-state index contributed by atoms with van der Waals surface area (Å²) in [5, 5.41) is 0. The Kier molecular flexibility index (Phi) is 3.84. The molecule has 0 aliphatic heterocycles. The Labute approximate surface area is 107 Å². The Morgan fingerprint density at radius 2 is 1.71 bits per heavy atom. The van der Waals surface area contributed by atoms with Crippen LogP contribution in [0.1, 0.15) is 65.7 Å². The third-order valence-corrected chi connectivity index (χ3v) is 4.98. The molecule has 2 N–H and O–H groups in total. The summed E-state index contributed by atoms with van der Waals surface area (Å²) in [6, 6.07) is 0.861. The van der Waals surface area contributed by atoms with Crippen molar-refractivity contribution in [3.8, 4) is 0 Å². The van der Waals surface area contributed by atoms with E-state index in [1.165, 1.54) is 51.5 Å². The van der Waals surface area contributed by atoms with E-state index < -0.39 is 0 Å². The zero-order valence-corrected chi connectivity index (χ0v) is 12.0. The molecule has 0 saturated heterocycles. The summed E-state index contributed by atoms with van der Waals surface area (Å²) < 4.78 is 0. The molecule has 0 aromatic heterocycles. The SMILES string of the molecule is CCCN(C1CC1)C1(CN)CCC(C)(C)CC1. The van der Waals surface area contributed by atoms with Crippen LogP contribution in [0.5, 0.6) is 0 Å². The van der Waals surface area contributed by atoms with Gasteiger partial charge >= 0.3 is 0 Å². The van der Waals surface area contributed by atoms with Crippen molar-refractivity contribution in [1.29, 1.82) is 0 Å². The second kappa shape index (κ2) is 4.89. The van der Waals surface area contributed by atoms with Crippen molar-refractivity contribution in [3.63, 3.8) is 0 Å². The molecule has 2 fully saturated rings. The van der Waals surface area contributed by atoms with Crippen molar-refractivity contribution >= 4 is 0 Å². The van der Waals surface area contributed by atoms with Crippen LogP contribution in [0.15, 0.2) is 0 Å². The van der Waals surface area contributed by atoms with Gasteiger partial charge in [-0.2, -0.15) is 0 Å². The van der Waals surface area contributed by atoms with E-state index in [9.17, 15) is 0 Å². The molecule has 2 rings (SSSR count). The van der Waals surface area contributed by atoms with Gasteiger partial charge in [0, 0.05) is 18.1 Å². The van der Waals surface area contributed by atoms with E-state index in [0.29, 0.717) is 11.0 Å². The molecule has 2 saturated carbocycles. The van der Waals surface area contributed by atoms with Crippen molar-refractivity contribution in [2.45, 2.75) is 77.3 Å². The third-order valence-electron chi connectivity index (χ3n) is 4.98. The number of nitrogens with two attached hydrogens (primary N) is 1. The van der Waals surface area contributed by atoms with Crippen LogP contribution in [0.2, 0.25) is 0 Å². The topological polar surface area (TPSA) is 29.3 Å². The molecule has 0 heterocycles. The summed E-state index contributed by atoms with van der Waals surface area (Å²) >= 11 is 0. The molecule has 100 valence electrons. The van der Waals surface area contributed by atoms with Gasteiger partial charge in [0.1, 0.15) is 0 Å². The fourth-order valence-electron chi connectivity index (χ4n) is 3.43. The zero-order chi connectivity index (χ0) is 12.5. The monoisotopic (exact) mass is 238 g/mol. The van der Waals surface area contributed by atoms with E-state index >= 15 is 0 Å². The van der Waals surface area contributed by atoms with E-state index in [1.54, 1.807) is 0 Å². The lowest BCUT2D eigenvalue weighted by atomic mass is 9.68. The fraction of sp³-hybridized carbons (Fsp3) is 1.00. The third kappa shape index (κ3) is 2.85. The van der Waals surface area contributed by atoms with Gasteiger partial charge in [-0.3, -0.25) is 4.90 Å². The largest absolute Gasteiger partial charge is 0.329 e. The molecule has 0 bridgehead atoms. The summed E-state index contributed by atoms with van der Waals surface area (Å²) in [7, 11) is 0. The van der Waals surface area contributed by atoms with Gasteiger partial charge in [-0.05, 0) is 56.9 Å². The Morgan fingerprint density at radius 1 is 1.12 bits per heavy atom. The first-order valence-electron chi connectivity index (χ1n) is 7.50. The van der Waals surface area contributed by atoms with Gasteiger partial charge in [-0.1, -0.05) is 20.8 Å². The minimum Gasteiger partial charge on any atom is -0.329 e. The Bertz CT molecular complexity index is 246. The standard InChI is InChI=1S/C15H30N2/c1-4-11-17(13-5-6-13)15(12-16)9-7-14(2,3)8-10-15/h13H,4-12,16H2,1-3H3. The highest BCUT2D eigenvalue weighted by Gasteiger charge is 2.46. The molecule has 17 heavy (non-hydrogen) atoms. The first-order valence-corrected chi connectivity index (χ1v) is 7.50. The molecule has 2 nitrogen and oxygen atoms in total. The van der Waals surface area contributed by atoms with E-state index in [4.69, 9.17) is 5.73 Å². The van der Waals surface area contributed by atoms with E-state index in [-0.39, 0.29) is 0 Å². The van der Waals surface area contributed by atoms with Crippen molar-refractivity contribution in [3.05, 3.63) is 0 Å². The van der Waals surface area contributed by atoms with Gasteiger partial charge in [-0.25, -0.2) is 0 Å². The normalized spacial score (nSPS) is 27.4. The number of rotatable bonds is 5. The van der Waals surface area contributed by atoms with Crippen molar-refractivity contribution < 1.29 is 0 Å². The van der Waals surface area contributed by atoms with Crippen LogP contribution in [-0.4, -0.2) is 29.6 Å². The molecule has 2 aliphatic carbocycles. The highest BCUT2D eigenvalue weighted by molar-refractivity contribution is 5.02. The van der Waals surface area contributed by atoms with Gasteiger partial charge in [0.2, 0.25) is 0 Å². The molecule has 2 heteroatoms. The first-order chi connectivity index (χ1) is 8.03. The first kappa shape index (κ1) is 13.4. The van der Waals surface area contributed by atoms with Gasteiger partial charge in [-0.15, -0.1) is 0 Å². The van der Waals surface area contributed by atoms with Crippen LogP contribution in [0, 0.1) is 5.41 Å². The number of hydrogen-bond donors (Lipinski definition) is 1. The van der Waals surface area contributed by atoms with E-state index in [1.807, 2.05) is 0 Å². The maximum atomic E-state index is 6.18. The second-order valence-electron chi connectivity index (χ2n) is 7.02. The van der Waals surface area contributed by atoms with Crippen LogP contribution in [0.25, 0.3) is 0 Å². The summed E-state index contributed by atoms with van der Waals surface area (Å²) in [4.78, 5) is 2.78. The highest BCUT2D eigenvalue weighted by atomic mass is 15.3. The molecule has 0 spiro atoms. The number of hydrogen-bond acceptors (Lipinski definition) is 2. The maximum absolute atomic E-state index is 6.18. The molecule has 0 unspecified atom stereocenters. The molecule has 0 aromatic carbocycles. The van der Waals surface area contributed by atoms with Gasteiger partial charge < -0.3 is 5.73 Å². The Hall–Kier alpha value is -0.0800. The smallest absolute Gasteiger partial charge is 0.0335 e. The van der Waals surface area contributed by atoms with E-state index in [0.717, 1.165) is 12.6 Å². The fourth-order valence-corrected chi connectivity index (χ4v) is 3.43. The summed E-state index contributed by atoms with van der Waals surface area (Å²) in [5.41, 5.74) is 7.06. The van der Waals surface area contributed by atoms with Crippen molar-refractivity contribution in [2.75, 3.05) is 13.1 Å². The molecule has 2 aliphatic rings. The maximum Gasteiger partial charge on any atom is 0.0335 e. The lowest BCUT2D eigenvalue weighted by Crippen LogP contribution is -2.57. The van der Waals surface area contributed by atoms with Crippen molar-refractivity contribution in [2.24, 2.45) is 11.1 Å². The number of nitrogens with zero attached hydrogens (tertiary/aromatic N) is 1. The summed E-state index contributed by atoms with van der Waals surface area (Å²) in [5.74, 6) is 0. The zero-order valence-electron chi connectivity index (χ0n) is 12.0. The van der Waals surface area contributed by atoms with Crippen LogP contribution < -0.4 is 5.73 Å². The predicted octanol–water partition coefficient (Wildman–Crippen LogP) is 3.16. The molecule has 0 radical (unpaired) electrons. The molecular formula is C15H30N2. The summed E-state index contributed by atoms with van der Waals surface area (Å²) in [6.45, 7) is 9.23. The molecular weight excluding hydrogens is 208 g/mol. The van der Waals surface area contributed by atoms with Crippen LogP contribution >= 0.6 is 0 Å². The lowest BCUT2D eigenvalue weighted by molar-refractivity contribution is 0.0166. The quantitative estimate of drug-likeness (QED) is 0.797. The van der Waals surface area contributed by atoms with E-state index in [2.05, 4.69) is 25.7 Å². The summed E-state index contributed by atoms with van der Waals surface area (Å²) in [6.07, 6.45) is 9.40. The van der Waals surface area contributed by atoms with Gasteiger partial charge in [0.25, 0.3) is 0 Å². The molecule has 0 aromatic rings.